The molecule has 2 rings (SSSR count). The lowest BCUT2D eigenvalue weighted by atomic mass is 10.1. The molecule has 0 radical (unpaired) electrons. The Morgan fingerprint density at radius 1 is 1.13 bits per heavy atom. The first kappa shape index (κ1) is 17.1. The Bertz CT molecular complexity index is 607. The van der Waals surface area contributed by atoms with Crippen LogP contribution in [0.5, 0.6) is 0 Å². The Hall–Kier alpha value is -2.27. The monoisotopic (exact) mass is 314 g/mol. The molecule has 1 heterocycles. The highest BCUT2D eigenvalue weighted by atomic mass is 16.3. The Morgan fingerprint density at radius 2 is 1.91 bits per heavy atom. The first-order chi connectivity index (χ1) is 11.2. The summed E-state index contributed by atoms with van der Waals surface area (Å²) in [5.74, 6) is 1.65. The molecule has 0 bridgehead atoms. The number of hydrogen-bond donors (Lipinski definition) is 2. The van der Waals surface area contributed by atoms with Gasteiger partial charge in [-0.05, 0) is 36.9 Å². The van der Waals surface area contributed by atoms with E-state index in [0.29, 0.717) is 6.54 Å². The normalized spacial score (nSPS) is 11.7. The quantitative estimate of drug-likeness (QED) is 0.609. The summed E-state index contributed by atoms with van der Waals surface area (Å²) >= 11 is 0. The minimum Gasteiger partial charge on any atom is -0.467 e. The zero-order valence-electron chi connectivity index (χ0n) is 14.2. The maximum Gasteiger partial charge on any atom is 0.191 e. The van der Waals surface area contributed by atoms with Crippen LogP contribution in [0.1, 0.15) is 23.8 Å². The molecule has 124 valence electrons. The fourth-order valence-corrected chi connectivity index (χ4v) is 2.25. The molecule has 0 aliphatic heterocycles. The summed E-state index contributed by atoms with van der Waals surface area (Å²) in [5, 5.41) is 6.56. The molecule has 23 heavy (non-hydrogen) atoms. The van der Waals surface area contributed by atoms with Crippen LogP contribution in [-0.4, -0.2) is 31.5 Å². The molecular formula is C18H26N4O. The van der Waals surface area contributed by atoms with Gasteiger partial charge in [-0.2, -0.15) is 0 Å². The van der Waals surface area contributed by atoms with Gasteiger partial charge < -0.3 is 20.0 Å². The van der Waals surface area contributed by atoms with Gasteiger partial charge >= 0.3 is 0 Å². The van der Waals surface area contributed by atoms with E-state index in [2.05, 4.69) is 58.8 Å². The van der Waals surface area contributed by atoms with Gasteiger partial charge in [0.1, 0.15) is 5.76 Å². The number of nitrogens with one attached hydrogen (secondary N) is 2. The van der Waals surface area contributed by atoms with Crippen LogP contribution >= 0.6 is 0 Å². The third-order valence-electron chi connectivity index (χ3n) is 3.68. The van der Waals surface area contributed by atoms with Crippen molar-refractivity contribution in [1.29, 1.82) is 0 Å². The number of aliphatic imine (C=N–C) groups is 1. The van der Waals surface area contributed by atoms with Gasteiger partial charge in [0.05, 0.1) is 12.8 Å². The van der Waals surface area contributed by atoms with E-state index in [1.807, 2.05) is 12.1 Å². The van der Waals surface area contributed by atoms with Crippen molar-refractivity contribution in [1.82, 2.24) is 15.5 Å². The lowest BCUT2D eigenvalue weighted by Crippen LogP contribution is -2.36. The van der Waals surface area contributed by atoms with Crippen molar-refractivity contribution in [2.24, 2.45) is 4.99 Å². The van der Waals surface area contributed by atoms with Crippen molar-refractivity contribution >= 4 is 5.96 Å². The predicted octanol–water partition coefficient (Wildman–Crippen LogP) is 2.60. The molecule has 0 fully saturated rings. The molecule has 2 aromatic rings. The lowest BCUT2D eigenvalue weighted by molar-refractivity contribution is 0.345. The van der Waals surface area contributed by atoms with Crippen molar-refractivity contribution < 1.29 is 4.42 Å². The topological polar surface area (TPSA) is 52.8 Å². The van der Waals surface area contributed by atoms with E-state index < -0.39 is 0 Å². The van der Waals surface area contributed by atoms with E-state index in [9.17, 15) is 0 Å². The summed E-state index contributed by atoms with van der Waals surface area (Å²) in [4.78, 5) is 6.52. The van der Waals surface area contributed by atoms with Crippen molar-refractivity contribution in [3.8, 4) is 0 Å². The largest absolute Gasteiger partial charge is 0.467 e. The Labute approximate surface area is 138 Å². The van der Waals surface area contributed by atoms with Gasteiger partial charge in [-0.1, -0.05) is 31.2 Å². The molecule has 2 N–H and O–H groups in total. The highest BCUT2D eigenvalue weighted by Crippen LogP contribution is 2.07. The highest BCUT2D eigenvalue weighted by Gasteiger charge is 2.02. The molecule has 5 nitrogen and oxygen atoms in total. The molecule has 0 amide bonds. The van der Waals surface area contributed by atoms with E-state index in [0.717, 1.165) is 31.4 Å². The average Bonchev–Trinajstić information content (AvgIpc) is 3.08. The van der Waals surface area contributed by atoms with E-state index in [-0.39, 0.29) is 0 Å². The minimum absolute atomic E-state index is 0.619. The SMILES string of the molecule is CCN(C)Cc1cccc(CNC(=NC)NCc2ccco2)c1. The van der Waals surface area contributed by atoms with Crippen LogP contribution in [0.3, 0.4) is 0 Å². The van der Waals surface area contributed by atoms with E-state index in [4.69, 9.17) is 4.42 Å². The standard InChI is InChI=1S/C18H26N4O/c1-4-22(3)14-16-8-5-7-15(11-16)12-20-18(19-2)21-13-17-9-6-10-23-17/h5-11H,4,12-14H2,1-3H3,(H2,19,20,21). The number of hydrogen-bond acceptors (Lipinski definition) is 3. The number of nitrogens with zero attached hydrogens (tertiary/aromatic N) is 2. The molecule has 0 atom stereocenters. The molecule has 0 saturated carbocycles. The van der Waals surface area contributed by atoms with Gasteiger partial charge in [-0.25, -0.2) is 0 Å². The van der Waals surface area contributed by atoms with Crippen LogP contribution in [0.25, 0.3) is 0 Å². The van der Waals surface area contributed by atoms with Gasteiger partial charge in [-0.15, -0.1) is 0 Å². The van der Waals surface area contributed by atoms with Crippen LogP contribution < -0.4 is 10.6 Å². The maximum absolute atomic E-state index is 5.30. The second-order valence-electron chi connectivity index (χ2n) is 5.51. The molecule has 0 spiro atoms. The Balaban J connectivity index is 1.84. The number of furan rings is 1. The number of guanidine groups is 1. The third kappa shape index (κ3) is 5.79. The van der Waals surface area contributed by atoms with E-state index in [1.165, 1.54) is 11.1 Å². The highest BCUT2D eigenvalue weighted by molar-refractivity contribution is 5.79. The summed E-state index contributed by atoms with van der Waals surface area (Å²) in [7, 11) is 3.90. The second kappa shape index (κ2) is 9.00. The molecule has 1 aromatic heterocycles. The smallest absolute Gasteiger partial charge is 0.191 e. The van der Waals surface area contributed by atoms with Gasteiger partial charge in [-0.3, -0.25) is 4.99 Å². The third-order valence-corrected chi connectivity index (χ3v) is 3.68. The fourth-order valence-electron chi connectivity index (χ4n) is 2.25. The van der Waals surface area contributed by atoms with Crippen LogP contribution in [0.2, 0.25) is 0 Å². The van der Waals surface area contributed by atoms with Crippen LogP contribution in [-0.2, 0) is 19.6 Å². The zero-order valence-corrected chi connectivity index (χ0v) is 14.2. The van der Waals surface area contributed by atoms with Gasteiger partial charge in [0.25, 0.3) is 0 Å². The van der Waals surface area contributed by atoms with E-state index in [1.54, 1.807) is 13.3 Å². The summed E-state index contributed by atoms with van der Waals surface area (Å²) in [6.45, 7) is 5.54. The summed E-state index contributed by atoms with van der Waals surface area (Å²) in [5.41, 5.74) is 2.57. The molecule has 0 aliphatic carbocycles. The molecule has 0 saturated heterocycles. The van der Waals surface area contributed by atoms with Crippen molar-refractivity contribution in [3.05, 3.63) is 59.5 Å². The average molecular weight is 314 g/mol. The maximum atomic E-state index is 5.30. The summed E-state index contributed by atoms with van der Waals surface area (Å²) < 4.78 is 5.30. The molecule has 1 aromatic carbocycles. The van der Waals surface area contributed by atoms with Gasteiger partial charge in [0.15, 0.2) is 5.96 Å². The molecule has 5 heteroatoms. The first-order valence-electron chi connectivity index (χ1n) is 7.94. The van der Waals surface area contributed by atoms with Gasteiger partial charge in [0.2, 0.25) is 0 Å². The predicted molar refractivity (Wildman–Crippen MR) is 94.2 cm³/mol. The summed E-state index contributed by atoms with van der Waals surface area (Å²) in [6, 6.07) is 12.5. The Kier molecular flexibility index (Phi) is 6.69. The van der Waals surface area contributed by atoms with Crippen molar-refractivity contribution in [2.75, 3.05) is 20.6 Å². The van der Waals surface area contributed by atoms with Crippen LogP contribution in [0.15, 0.2) is 52.1 Å². The van der Waals surface area contributed by atoms with Crippen molar-refractivity contribution in [3.63, 3.8) is 0 Å². The number of benzene rings is 1. The second-order valence-corrected chi connectivity index (χ2v) is 5.51. The first-order valence-corrected chi connectivity index (χ1v) is 7.94. The fraction of sp³-hybridized carbons (Fsp3) is 0.389. The minimum atomic E-state index is 0.619. The van der Waals surface area contributed by atoms with E-state index >= 15 is 0 Å². The van der Waals surface area contributed by atoms with Crippen molar-refractivity contribution in [2.45, 2.75) is 26.6 Å². The molecule has 0 unspecified atom stereocenters. The molecular weight excluding hydrogens is 288 g/mol. The van der Waals surface area contributed by atoms with Crippen LogP contribution in [0.4, 0.5) is 0 Å². The zero-order chi connectivity index (χ0) is 16.5. The van der Waals surface area contributed by atoms with Gasteiger partial charge in [0, 0.05) is 20.1 Å². The Morgan fingerprint density at radius 3 is 2.61 bits per heavy atom. The number of rotatable bonds is 7. The lowest BCUT2D eigenvalue weighted by Gasteiger charge is -2.15. The molecule has 0 aliphatic rings. The van der Waals surface area contributed by atoms with Crippen LogP contribution in [0, 0.1) is 0 Å². The summed E-state index contributed by atoms with van der Waals surface area (Å²) in [6.07, 6.45) is 1.67.